The Morgan fingerprint density at radius 2 is 2.00 bits per heavy atom. The van der Waals surface area contributed by atoms with Crippen molar-refractivity contribution in [2.24, 2.45) is 0 Å². The van der Waals surface area contributed by atoms with Crippen LogP contribution in [-0.4, -0.2) is 31.1 Å². The molecule has 1 atom stereocenters. The molecule has 0 aliphatic rings. The van der Waals surface area contributed by atoms with Crippen LogP contribution in [0.1, 0.15) is 38.8 Å². The smallest absolute Gasteiger partial charge is 0.137 e. The van der Waals surface area contributed by atoms with Gasteiger partial charge < -0.3 is 10.2 Å². The van der Waals surface area contributed by atoms with Crippen LogP contribution in [0.3, 0.4) is 0 Å². The van der Waals surface area contributed by atoms with Crippen molar-refractivity contribution in [1.29, 1.82) is 0 Å². The molecule has 1 aromatic rings. The molecule has 1 rings (SSSR count). The molecule has 0 aromatic heterocycles. The van der Waals surface area contributed by atoms with Gasteiger partial charge in [-0.15, -0.1) is 0 Å². The van der Waals surface area contributed by atoms with Crippen molar-refractivity contribution in [1.82, 2.24) is 10.2 Å². The van der Waals surface area contributed by atoms with Gasteiger partial charge in [0, 0.05) is 12.1 Å². The van der Waals surface area contributed by atoms with E-state index >= 15 is 0 Å². The van der Waals surface area contributed by atoms with Crippen molar-refractivity contribution < 1.29 is 4.39 Å². The first-order chi connectivity index (χ1) is 8.91. The molecule has 2 nitrogen and oxygen atoms in total. The number of benzene rings is 1. The predicted molar refractivity (Wildman–Crippen MR) is 82.9 cm³/mol. The van der Waals surface area contributed by atoms with Gasteiger partial charge in [-0.1, -0.05) is 6.07 Å². The van der Waals surface area contributed by atoms with Gasteiger partial charge in [-0.2, -0.15) is 0 Å². The summed E-state index contributed by atoms with van der Waals surface area (Å²) in [5.74, 6) is -0.213. The van der Waals surface area contributed by atoms with Gasteiger partial charge in [0.2, 0.25) is 0 Å². The molecule has 0 spiro atoms. The minimum atomic E-state index is -0.213. The van der Waals surface area contributed by atoms with Gasteiger partial charge in [0.05, 0.1) is 4.47 Å². The zero-order valence-corrected chi connectivity index (χ0v) is 13.8. The molecule has 0 saturated carbocycles. The summed E-state index contributed by atoms with van der Waals surface area (Å²) >= 11 is 3.22. The van der Waals surface area contributed by atoms with E-state index in [1.54, 1.807) is 0 Å². The standard InChI is InChI=1S/C15H24BrFN2/c1-11(2)19(4)9-5-8-18-12(3)13-6-7-15(17)14(16)10-13/h6-7,10-12,18H,5,8-9H2,1-4H3. The molecule has 0 amide bonds. The summed E-state index contributed by atoms with van der Waals surface area (Å²) in [6, 6.07) is 6.00. The zero-order valence-electron chi connectivity index (χ0n) is 12.2. The molecule has 1 N–H and O–H groups in total. The van der Waals surface area contributed by atoms with Crippen LogP contribution >= 0.6 is 15.9 Å². The van der Waals surface area contributed by atoms with Crippen LogP contribution in [0.5, 0.6) is 0 Å². The zero-order chi connectivity index (χ0) is 14.4. The fraction of sp³-hybridized carbons (Fsp3) is 0.600. The lowest BCUT2D eigenvalue weighted by Crippen LogP contribution is -2.30. The van der Waals surface area contributed by atoms with Gasteiger partial charge in [0.25, 0.3) is 0 Å². The normalized spacial score (nSPS) is 13.3. The molecular weight excluding hydrogens is 307 g/mol. The number of nitrogens with one attached hydrogen (secondary N) is 1. The molecule has 19 heavy (non-hydrogen) atoms. The van der Waals surface area contributed by atoms with Crippen LogP contribution in [0.4, 0.5) is 4.39 Å². The molecule has 0 heterocycles. The minimum absolute atomic E-state index is 0.213. The van der Waals surface area contributed by atoms with Crippen molar-refractivity contribution in [3.05, 3.63) is 34.1 Å². The van der Waals surface area contributed by atoms with E-state index in [1.165, 1.54) is 6.07 Å². The third-order valence-electron chi connectivity index (χ3n) is 3.46. The number of hydrogen-bond acceptors (Lipinski definition) is 2. The van der Waals surface area contributed by atoms with Crippen molar-refractivity contribution in [2.45, 2.75) is 39.3 Å². The van der Waals surface area contributed by atoms with E-state index in [0.29, 0.717) is 10.5 Å². The maximum atomic E-state index is 13.2. The predicted octanol–water partition coefficient (Wildman–Crippen LogP) is 3.97. The highest BCUT2D eigenvalue weighted by atomic mass is 79.9. The lowest BCUT2D eigenvalue weighted by molar-refractivity contribution is 0.268. The molecule has 4 heteroatoms. The Labute approximate surface area is 124 Å². The monoisotopic (exact) mass is 330 g/mol. The van der Waals surface area contributed by atoms with Gasteiger partial charge in [-0.05, 0) is 81.0 Å². The quantitative estimate of drug-likeness (QED) is 0.761. The van der Waals surface area contributed by atoms with Crippen LogP contribution in [0, 0.1) is 5.82 Å². The highest BCUT2D eigenvalue weighted by Gasteiger charge is 2.08. The van der Waals surface area contributed by atoms with Crippen LogP contribution in [0.15, 0.2) is 22.7 Å². The second kappa shape index (κ2) is 7.98. The van der Waals surface area contributed by atoms with Gasteiger partial charge in [-0.25, -0.2) is 4.39 Å². The van der Waals surface area contributed by atoms with E-state index in [-0.39, 0.29) is 11.9 Å². The maximum Gasteiger partial charge on any atom is 0.137 e. The Hall–Kier alpha value is -0.450. The molecular formula is C15H24BrFN2. The first kappa shape index (κ1) is 16.6. The fourth-order valence-corrected chi connectivity index (χ4v) is 2.20. The first-order valence-corrected chi connectivity index (χ1v) is 7.59. The molecule has 1 aromatic carbocycles. The van der Waals surface area contributed by atoms with Gasteiger partial charge in [-0.3, -0.25) is 0 Å². The van der Waals surface area contributed by atoms with Crippen molar-refractivity contribution >= 4 is 15.9 Å². The number of nitrogens with zero attached hydrogens (tertiary/aromatic N) is 1. The number of halogens is 2. The molecule has 108 valence electrons. The number of hydrogen-bond donors (Lipinski definition) is 1. The summed E-state index contributed by atoms with van der Waals surface area (Å²) in [5, 5.41) is 3.47. The van der Waals surface area contributed by atoms with Crippen molar-refractivity contribution in [3.8, 4) is 0 Å². The summed E-state index contributed by atoms with van der Waals surface area (Å²) < 4.78 is 13.7. The summed E-state index contributed by atoms with van der Waals surface area (Å²) in [4.78, 5) is 2.33. The highest BCUT2D eigenvalue weighted by molar-refractivity contribution is 9.10. The van der Waals surface area contributed by atoms with Gasteiger partial charge >= 0.3 is 0 Å². The van der Waals surface area contributed by atoms with E-state index in [9.17, 15) is 4.39 Å². The lowest BCUT2D eigenvalue weighted by Gasteiger charge is -2.21. The molecule has 0 aliphatic carbocycles. The van der Waals surface area contributed by atoms with Crippen LogP contribution in [-0.2, 0) is 0 Å². The minimum Gasteiger partial charge on any atom is -0.310 e. The second-order valence-electron chi connectivity index (χ2n) is 5.28. The van der Waals surface area contributed by atoms with Crippen LogP contribution in [0.2, 0.25) is 0 Å². The number of rotatable bonds is 7. The Morgan fingerprint density at radius 1 is 1.32 bits per heavy atom. The lowest BCUT2D eigenvalue weighted by atomic mass is 10.1. The van der Waals surface area contributed by atoms with E-state index in [2.05, 4.69) is 54.0 Å². The van der Waals surface area contributed by atoms with Crippen LogP contribution in [0.25, 0.3) is 0 Å². The summed E-state index contributed by atoms with van der Waals surface area (Å²) in [7, 11) is 2.14. The third kappa shape index (κ3) is 5.59. The average molecular weight is 331 g/mol. The SMILES string of the molecule is CC(NCCCN(C)C(C)C)c1ccc(F)c(Br)c1. The summed E-state index contributed by atoms with van der Waals surface area (Å²) in [5.41, 5.74) is 1.10. The van der Waals surface area contributed by atoms with Crippen LogP contribution < -0.4 is 5.32 Å². The largest absolute Gasteiger partial charge is 0.310 e. The van der Waals surface area contributed by atoms with Gasteiger partial charge in [0.1, 0.15) is 5.82 Å². The van der Waals surface area contributed by atoms with Crippen molar-refractivity contribution in [2.75, 3.05) is 20.1 Å². The Morgan fingerprint density at radius 3 is 2.58 bits per heavy atom. The Balaban J connectivity index is 2.35. The topological polar surface area (TPSA) is 15.3 Å². The van der Waals surface area contributed by atoms with E-state index < -0.39 is 0 Å². The maximum absolute atomic E-state index is 13.2. The Kier molecular flexibility index (Phi) is 6.97. The molecule has 0 aliphatic heterocycles. The summed E-state index contributed by atoms with van der Waals surface area (Å²) in [6.07, 6.45) is 1.11. The molecule has 0 fully saturated rings. The molecule has 1 unspecified atom stereocenters. The third-order valence-corrected chi connectivity index (χ3v) is 4.07. The summed E-state index contributed by atoms with van der Waals surface area (Å²) in [6.45, 7) is 8.56. The highest BCUT2D eigenvalue weighted by Crippen LogP contribution is 2.21. The molecule has 0 radical (unpaired) electrons. The van der Waals surface area contributed by atoms with E-state index in [0.717, 1.165) is 25.1 Å². The fourth-order valence-electron chi connectivity index (χ4n) is 1.80. The Bertz CT molecular complexity index is 396. The van der Waals surface area contributed by atoms with E-state index in [1.807, 2.05) is 12.1 Å². The molecule has 0 saturated heterocycles. The van der Waals surface area contributed by atoms with Gasteiger partial charge in [0.15, 0.2) is 0 Å². The average Bonchev–Trinajstić information content (AvgIpc) is 2.37. The van der Waals surface area contributed by atoms with Crippen molar-refractivity contribution in [3.63, 3.8) is 0 Å². The van der Waals surface area contributed by atoms with E-state index in [4.69, 9.17) is 0 Å². The second-order valence-corrected chi connectivity index (χ2v) is 6.13. The molecule has 0 bridgehead atoms. The first-order valence-electron chi connectivity index (χ1n) is 6.80.